The zero-order chi connectivity index (χ0) is 4.50. The maximum Gasteiger partial charge on any atom is 0.255 e. The zero-order valence-electron chi connectivity index (χ0n) is 2.70. The van der Waals surface area contributed by atoms with E-state index in [-0.39, 0.29) is 0 Å². The Balaban J connectivity index is 3.02. The van der Waals surface area contributed by atoms with Gasteiger partial charge >= 0.3 is 0 Å². The molecule has 0 saturated carbocycles. The summed E-state index contributed by atoms with van der Waals surface area (Å²) in [6.45, 7) is 1.06. The molecule has 1 atom stereocenters. The molecule has 0 heterocycles. The standard InChI is InChI=1S/C2H4FIO/c1-2(3,4)5/h5H,1H3. The van der Waals surface area contributed by atoms with Crippen molar-refractivity contribution in [3.05, 3.63) is 0 Å². The Bertz CT molecular complexity index is 25.1. The minimum absolute atomic E-state index is 1.06. The van der Waals surface area contributed by atoms with Crippen molar-refractivity contribution >= 4 is 22.6 Å². The van der Waals surface area contributed by atoms with Gasteiger partial charge in [0.05, 0.1) is 0 Å². The van der Waals surface area contributed by atoms with Crippen LogP contribution in [0.3, 0.4) is 0 Å². The highest BCUT2D eigenvalue weighted by atomic mass is 127. The fourth-order valence-corrected chi connectivity index (χ4v) is 0. The molecule has 0 fully saturated rings. The van der Waals surface area contributed by atoms with Crippen molar-refractivity contribution in [3.63, 3.8) is 0 Å². The largest absolute Gasteiger partial charge is 0.354 e. The molecule has 0 aliphatic rings. The van der Waals surface area contributed by atoms with Gasteiger partial charge in [0.15, 0.2) is 0 Å². The van der Waals surface area contributed by atoms with Crippen LogP contribution in [0.2, 0.25) is 0 Å². The highest BCUT2D eigenvalue weighted by Crippen LogP contribution is 2.12. The minimum atomic E-state index is -2.03. The van der Waals surface area contributed by atoms with Crippen molar-refractivity contribution in [2.45, 2.75) is 10.8 Å². The van der Waals surface area contributed by atoms with Crippen molar-refractivity contribution in [2.75, 3.05) is 0 Å². The first-order chi connectivity index (χ1) is 2.00. The molecule has 0 rings (SSSR count). The second-order valence-electron chi connectivity index (χ2n) is 0.842. The molecule has 3 heteroatoms. The number of halogens is 2. The molecule has 1 nitrogen and oxygen atoms in total. The van der Waals surface area contributed by atoms with E-state index in [0.29, 0.717) is 0 Å². The second-order valence-corrected chi connectivity index (χ2v) is 2.81. The van der Waals surface area contributed by atoms with E-state index in [4.69, 9.17) is 5.11 Å². The summed E-state index contributed by atoms with van der Waals surface area (Å²) in [5.41, 5.74) is 0. The van der Waals surface area contributed by atoms with Crippen LogP contribution < -0.4 is 0 Å². The van der Waals surface area contributed by atoms with E-state index in [0.717, 1.165) is 6.92 Å². The van der Waals surface area contributed by atoms with Gasteiger partial charge in [0.2, 0.25) is 0 Å². The lowest BCUT2D eigenvalue weighted by Gasteiger charge is -1.96. The molecule has 0 aromatic rings. The lowest BCUT2D eigenvalue weighted by molar-refractivity contribution is 0.0416. The van der Waals surface area contributed by atoms with Gasteiger partial charge < -0.3 is 5.11 Å². The van der Waals surface area contributed by atoms with Crippen molar-refractivity contribution < 1.29 is 9.50 Å². The Morgan fingerprint density at radius 3 is 2.00 bits per heavy atom. The highest BCUT2D eigenvalue weighted by Gasteiger charge is 2.07. The van der Waals surface area contributed by atoms with Gasteiger partial charge in [0, 0.05) is 6.92 Å². The summed E-state index contributed by atoms with van der Waals surface area (Å²) >= 11 is 1.27. The summed E-state index contributed by atoms with van der Waals surface area (Å²) in [4.78, 5) is 0. The number of aliphatic hydroxyl groups is 1. The Kier molecular flexibility index (Phi) is 1.55. The Morgan fingerprint density at radius 1 is 2.00 bits per heavy atom. The third kappa shape index (κ3) is 82.5. The van der Waals surface area contributed by atoms with Crippen molar-refractivity contribution in [2.24, 2.45) is 0 Å². The fourth-order valence-electron chi connectivity index (χ4n) is 0. The van der Waals surface area contributed by atoms with Crippen LogP contribution in [0.15, 0.2) is 0 Å². The molecule has 0 aliphatic carbocycles. The van der Waals surface area contributed by atoms with Crippen LogP contribution in [-0.2, 0) is 0 Å². The number of hydrogen-bond donors (Lipinski definition) is 1. The average molecular weight is 190 g/mol. The average Bonchev–Trinajstić information content (AvgIpc) is 0.722. The van der Waals surface area contributed by atoms with Crippen LogP contribution in [0.5, 0.6) is 0 Å². The summed E-state index contributed by atoms with van der Waals surface area (Å²) in [6.07, 6.45) is 0. The quantitative estimate of drug-likeness (QED) is 0.447. The predicted molar refractivity (Wildman–Crippen MR) is 25.8 cm³/mol. The summed E-state index contributed by atoms with van der Waals surface area (Å²) in [7, 11) is 0. The summed E-state index contributed by atoms with van der Waals surface area (Å²) < 4.78 is 9.20. The zero-order valence-corrected chi connectivity index (χ0v) is 4.86. The van der Waals surface area contributed by atoms with Crippen LogP contribution in [0.1, 0.15) is 6.92 Å². The molecule has 1 unspecified atom stereocenters. The minimum Gasteiger partial charge on any atom is -0.354 e. The van der Waals surface area contributed by atoms with Crippen LogP contribution in [0, 0.1) is 0 Å². The Morgan fingerprint density at radius 2 is 2.00 bits per heavy atom. The first-order valence-corrected chi connectivity index (χ1v) is 2.18. The van der Waals surface area contributed by atoms with E-state index in [2.05, 4.69) is 0 Å². The van der Waals surface area contributed by atoms with Gasteiger partial charge in [-0.3, -0.25) is 0 Å². The van der Waals surface area contributed by atoms with Gasteiger partial charge in [-0.25, -0.2) is 4.39 Å². The molecule has 0 radical (unpaired) electrons. The monoisotopic (exact) mass is 190 g/mol. The van der Waals surface area contributed by atoms with Crippen LogP contribution in [0.25, 0.3) is 0 Å². The second kappa shape index (κ2) is 1.38. The van der Waals surface area contributed by atoms with E-state index in [1.165, 1.54) is 22.6 Å². The lowest BCUT2D eigenvalue weighted by Crippen LogP contribution is -2.01. The van der Waals surface area contributed by atoms with Gasteiger partial charge in [0.1, 0.15) is 0 Å². The molecule has 0 aromatic heterocycles. The number of rotatable bonds is 0. The van der Waals surface area contributed by atoms with Crippen molar-refractivity contribution in [1.82, 2.24) is 0 Å². The number of alkyl halides is 2. The third-order valence-electron chi connectivity index (χ3n) is 0. The molecule has 5 heavy (non-hydrogen) atoms. The van der Waals surface area contributed by atoms with Gasteiger partial charge in [-0.2, -0.15) is 0 Å². The summed E-state index contributed by atoms with van der Waals surface area (Å²) in [5, 5.41) is 7.84. The first kappa shape index (κ1) is 5.62. The normalized spacial score (nSPS) is 21.6. The topological polar surface area (TPSA) is 20.2 Å². The van der Waals surface area contributed by atoms with Gasteiger partial charge in [-0.05, 0) is 22.6 Å². The van der Waals surface area contributed by atoms with E-state index in [1.54, 1.807) is 0 Å². The van der Waals surface area contributed by atoms with Crippen LogP contribution in [-0.4, -0.2) is 8.97 Å². The molecule has 0 aromatic carbocycles. The van der Waals surface area contributed by atoms with Gasteiger partial charge in [-0.15, -0.1) is 0 Å². The maximum atomic E-state index is 11.2. The van der Waals surface area contributed by atoms with Gasteiger partial charge in [0.25, 0.3) is 3.86 Å². The molecule has 0 bridgehead atoms. The van der Waals surface area contributed by atoms with Gasteiger partial charge in [-0.1, -0.05) is 0 Å². The summed E-state index contributed by atoms with van der Waals surface area (Å²) in [6, 6.07) is 0. The Labute approximate surface area is 43.3 Å². The van der Waals surface area contributed by atoms with Crippen LogP contribution >= 0.6 is 22.6 Å². The molecular weight excluding hydrogens is 186 g/mol. The first-order valence-electron chi connectivity index (χ1n) is 1.10. The van der Waals surface area contributed by atoms with E-state index < -0.39 is 3.86 Å². The fraction of sp³-hybridized carbons (Fsp3) is 1.00. The third-order valence-corrected chi connectivity index (χ3v) is 0. The lowest BCUT2D eigenvalue weighted by atomic mass is 10.8. The Hall–Kier alpha value is 0.620. The summed E-state index contributed by atoms with van der Waals surface area (Å²) in [5.74, 6) is 0. The predicted octanol–water partition coefficient (Wildman–Crippen LogP) is 1.06. The van der Waals surface area contributed by atoms with Crippen molar-refractivity contribution in [3.8, 4) is 0 Å². The van der Waals surface area contributed by atoms with E-state index in [1.807, 2.05) is 0 Å². The van der Waals surface area contributed by atoms with E-state index in [9.17, 15) is 4.39 Å². The van der Waals surface area contributed by atoms with E-state index >= 15 is 0 Å². The van der Waals surface area contributed by atoms with Crippen LogP contribution in [0.4, 0.5) is 4.39 Å². The molecule has 0 spiro atoms. The molecule has 1 N–H and O–H groups in total. The smallest absolute Gasteiger partial charge is 0.255 e. The molecule has 0 amide bonds. The molecule has 0 saturated heterocycles. The maximum absolute atomic E-state index is 11.2. The van der Waals surface area contributed by atoms with Crippen molar-refractivity contribution in [1.29, 1.82) is 0 Å². The number of hydrogen-bond acceptors (Lipinski definition) is 1. The highest BCUT2D eigenvalue weighted by molar-refractivity contribution is 14.1. The molecule has 32 valence electrons. The molecular formula is C2H4FIO. The molecule has 0 aliphatic heterocycles. The SMILES string of the molecule is CC(O)(F)I.